The van der Waals surface area contributed by atoms with Crippen LogP contribution in [0, 0.1) is 5.82 Å². The van der Waals surface area contributed by atoms with Crippen molar-refractivity contribution in [3.8, 4) is 17.0 Å². The molecule has 0 unspecified atom stereocenters. The highest BCUT2D eigenvalue weighted by molar-refractivity contribution is 7.17. The Hall–Kier alpha value is -3.07. The lowest BCUT2D eigenvalue weighted by molar-refractivity contribution is -0.122. The van der Waals surface area contributed by atoms with Crippen LogP contribution in [0.1, 0.15) is 6.92 Å². The SMILES string of the molecule is CCNC(=O)NC(=O)COc1ncnc2scc(-c3ccc(F)cc3)c12. The van der Waals surface area contributed by atoms with Crippen molar-refractivity contribution in [1.29, 1.82) is 0 Å². The number of benzene rings is 1. The molecule has 0 spiro atoms. The zero-order valence-electron chi connectivity index (χ0n) is 13.8. The van der Waals surface area contributed by atoms with Gasteiger partial charge in [0.1, 0.15) is 17.0 Å². The highest BCUT2D eigenvalue weighted by atomic mass is 32.1. The number of carbonyl (C=O) groups is 2. The molecule has 0 saturated carbocycles. The van der Waals surface area contributed by atoms with Crippen LogP contribution in [-0.2, 0) is 4.79 Å². The van der Waals surface area contributed by atoms with Crippen molar-refractivity contribution in [2.75, 3.05) is 13.2 Å². The third-order valence-electron chi connectivity index (χ3n) is 3.42. The number of hydrogen-bond donors (Lipinski definition) is 2. The molecular weight excluding hydrogens is 359 g/mol. The summed E-state index contributed by atoms with van der Waals surface area (Å²) >= 11 is 1.39. The summed E-state index contributed by atoms with van der Waals surface area (Å²) in [5.41, 5.74) is 1.56. The fraction of sp³-hybridized carbons (Fsp3) is 0.176. The van der Waals surface area contributed by atoms with Crippen molar-refractivity contribution < 1.29 is 18.7 Å². The molecule has 3 rings (SSSR count). The van der Waals surface area contributed by atoms with Crippen LogP contribution in [0.4, 0.5) is 9.18 Å². The second kappa shape index (κ2) is 7.87. The van der Waals surface area contributed by atoms with Gasteiger partial charge in [0, 0.05) is 17.5 Å². The molecule has 3 aromatic rings. The summed E-state index contributed by atoms with van der Waals surface area (Å²) in [7, 11) is 0. The zero-order valence-corrected chi connectivity index (χ0v) is 14.6. The molecule has 2 heterocycles. The van der Waals surface area contributed by atoms with Gasteiger partial charge in [0.05, 0.1) is 5.39 Å². The van der Waals surface area contributed by atoms with Crippen LogP contribution >= 0.6 is 11.3 Å². The largest absolute Gasteiger partial charge is 0.467 e. The first-order valence-corrected chi connectivity index (χ1v) is 8.65. The number of thiophene rings is 1. The van der Waals surface area contributed by atoms with E-state index in [0.29, 0.717) is 16.8 Å². The number of nitrogens with one attached hydrogen (secondary N) is 2. The predicted molar refractivity (Wildman–Crippen MR) is 95.5 cm³/mol. The minimum Gasteiger partial charge on any atom is -0.467 e. The number of rotatable bonds is 5. The Morgan fingerprint density at radius 2 is 2.00 bits per heavy atom. The predicted octanol–water partition coefficient (Wildman–Crippen LogP) is 2.72. The first kappa shape index (κ1) is 17.7. The molecule has 1 aromatic carbocycles. The molecule has 7 nitrogen and oxygen atoms in total. The molecule has 0 fully saturated rings. The van der Waals surface area contributed by atoms with Gasteiger partial charge in [-0.3, -0.25) is 10.1 Å². The van der Waals surface area contributed by atoms with Crippen LogP contribution in [0.2, 0.25) is 0 Å². The van der Waals surface area contributed by atoms with Gasteiger partial charge >= 0.3 is 6.03 Å². The van der Waals surface area contributed by atoms with Gasteiger partial charge in [-0.1, -0.05) is 12.1 Å². The van der Waals surface area contributed by atoms with E-state index < -0.39 is 11.9 Å². The normalized spacial score (nSPS) is 10.5. The second-order valence-corrected chi connectivity index (χ2v) is 6.07. The molecule has 3 amide bonds. The van der Waals surface area contributed by atoms with Crippen molar-refractivity contribution in [3.05, 3.63) is 41.8 Å². The van der Waals surface area contributed by atoms with Gasteiger partial charge in [-0.2, -0.15) is 0 Å². The summed E-state index contributed by atoms with van der Waals surface area (Å²) in [5.74, 6) is -0.703. The first-order valence-electron chi connectivity index (χ1n) is 7.77. The number of fused-ring (bicyclic) bond motifs is 1. The number of urea groups is 1. The molecule has 0 aliphatic rings. The maximum absolute atomic E-state index is 13.2. The van der Waals surface area contributed by atoms with Crippen molar-refractivity contribution in [2.24, 2.45) is 0 Å². The first-order chi connectivity index (χ1) is 12.6. The molecule has 0 aliphatic carbocycles. The molecule has 0 aliphatic heterocycles. The van der Waals surface area contributed by atoms with E-state index in [1.807, 2.05) is 5.38 Å². The van der Waals surface area contributed by atoms with Gasteiger partial charge in [0.25, 0.3) is 5.91 Å². The van der Waals surface area contributed by atoms with E-state index in [2.05, 4.69) is 20.6 Å². The van der Waals surface area contributed by atoms with Gasteiger partial charge in [0.15, 0.2) is 6.61 Å². The lowest BCUT2D eigenvalue weighted by Gasteiger charge is -2.08. The Bertz CT molecular complexity index is 943. The van der Waals surface area contributed by atoms with Crippen LogP contribution in [0.3, 0.4) is 0 Å². The molecule has 0 radical (unpaired) electrons. The van der Waals surface area contributed by atoms with E-state index in [1.54, 1.807) is 19.1 Å². The summed E-state index contributed by atoms with van der Waals surface area (Å²) in [6, 6.07) is 5.44. The maximum atomic E-state index is 13.2. The minimum absolute atomic E-state index is 0.224. The Morgan fingerprint density at radius 1 is 1.23 bits per heavy atom. The Morgan fingerprint density at radius 3 is 2.73 bits per heavy atom. The van der Waals surface area contributed by atoms with E-state index in [9.17, 15) is 14.0 Å². The molecule has 2 N–H and O–H groups in total. The van der Waals surface area contributed by atoms with Gasteiger partial charge in [-0.15, -0.1) is 11.3 Å². The van der Waals surface area contributed by atoms with Crippen LogP contribution in [0.25, 0.3) is 21.3 Å². The highest BCUT2D eigenvalue weighted by Gasteiger charge is 2.16. The van der Waals surface area contributed by atoms with Crippen molar-refractivity contribution in [2.45, 2.75) is 6.92 Å². The van der Waals surface area contributed by atoms with Gasteiger partial charge < -0.3 is 10.1 Å². The number of carbonyl (C=O) groups excluding carboxylic acids is 2. The molecule has 0 saturated heterocycles. The molecule has 2 aromatic heterocycles. The summed E-state index contributed by atoms with van der Waals surface area (Å²) in [6.07, 6.45) is 1.34. The summed E-state index contributed by atoms with van der Waals surface area (Å²) in [4.78, 5) is 32.1. The van der Waals surface area contributed by atoms with Crippen LogP contribution in [0.5, 0.6) is 5.88 Å². The smallest absolute Gasteiger partial charge is 0.321 e. The van der Waals surface area contributed by atoms with E-state index in [4.69, 9.17) is 4.74 Å². The van der Waals surface area contributed by atoms with E-state index in [1.165, 1.54) is 29.8 Å². The van der Waals surface area contributed by atoms with Crippen molar-refractivity contribution in [3.63, 3.8) is 0 Å². The number of imide groups is 1. The van der Waals surface area contributed by atoms with E-state index >= 15 is 0 Å². The second-order valence-electron chi connectivity index (χ2n) is 5.21. The topological polar surface area (TPSA) is 93.2 Å². The summed E-state index contributed by atoms with van der Waals surface area (Å²) < 4.78 is 18.7. The fourth-order valence-corrected chi connectivity index (χ4v) is 3.21. The number of amides is 3. The van der Waals surface area contributed by atoms with Crippen LogP contribution in [0.15, 0.2) is 36.0 Å². The molecule has 9 heteroatoms. The highest BCUT2D eigenvalue weighted by Crippen LogP contribution is 2.37. The summed E-state index contributed by atoms with van der Waals surface area (Å²) in [5, 5.41) is 7.11. The van der Waals surface area contributed by atoms with E-state index in [-0.39, 0.29) is 18.3 Å². The number of aromatic nitrogens is 2. The third kappa shape index (κ3) is 3.94. The molecule has 0 atom stereocenters. The van der Waals surface area contributed by atoms with Gasteiger partial charge in [0.2, 0.25) is 5.88 Å². The van der Waals surface area contributed by atoms with Crippen LogP contribution in [-0.4, -0.2) is 35.1 Å². The van der Waals surface area contributed by atoms with Gasteiger partial charge in [-0.25, -0.2) is 19.2 Å². The third-order valence-corrected chi connectivity index (χ3v) is 4.31. The zero-order chi connectivity index (χ0) is 18.5. The molecule has 26 heavy (non-hydrogen) atoms. The Balaban J connectivity index is 1.83. The van der Waals surface area contributed by atoms with Crippen molar-refractivity contribution in [1.82, 2.24) is 20.6 Å². The maximum Gasteiger partial charge on any atom is 0.321 e. The average Bonchev–Trinajstić information content (AvgIpc) is 3.05. The number of hydrogen-bond acceptors (Lipinski definition) is 6. The number of halogens is 1. The average molecular weight is 374 g/mol. The lowest BCUT2D eigenvalue weighted by atomic mass is 10.1. The van der Waals surface area contributed by atoms with Crippen molar-refractivity contribution >= 4 is 33.5 Å². The quantitative estimate of drug-likeness (QED) is 0.716. The molecule has 134 valence electrons. The number of nitrogens with zero attached hydrogens (tertiary/aromatic N) is 2. The van der Waals surface area contributed by atoms with E-state index in [0.717, 1.165) is 11.1 Å². The summed E-state index contributed by atoms with van der Waals surface area (Å²) in [6.45, 7) is 1.77. The standard InChI is InChI=1S/C17H15FN4O3S/c1-2-19-17(24)22-13(23)7-25-15-14-12(8-26-16(14)21-9-20-15)10-3-5-11(18)6-4-10/h3-6,8-9H,2,7H2,1H3,(H2,19,22,23,24). The fourth-order valence-electron chi connectivity index (χ4n) is 2.30. The lowest BCUT2D eigenvalue weighted by Crippen LogP contribution is -2.41. The molecule has 0 bridgehead atoms. The Labute approximate surface area is 152 Å². The molecular formula is C17H15FN4O3S. The van der Waals surface area contributed by atoms with Crippen LogP contribution < -0.4 is 15.4 Å². The Kier molecular flexibility index (Phi) is 5.37. The van der Waals surface area contributed by atoms with Gasteiger partial charge in [-0.05, 0) is 24.6 Å². The number of ether oxygens (including phenoxy) is 1. The minimum atomic E-state index is -0.596. The monoisotopic (exact) mass is 374 g/mol.